The number of benzene rings is 1. The molecule has 0 saturated carbocycles. The summed E-state index contributed by atoms with van der Waals surface area (Å²) in [6, 6.07) is 3.70. The fourth-order valence-corrected chi connectivity index (χ4v) is 1.77. The van der Waals surface area contributed by atoms with Gasteiger partial charge in [0, 0.05) is 30.9 Å². The van der Waals surface area contributed by atoms with Crippen molar-refractivity contribution >= 4 is 11.6 Å². The first kappa shape index (κ1) is 16.9. The average Bonchev–Trinajstić information content (AvgIpc) is 2.50. The summed E-state index contributed by atoms with van der Waals surface area (Å²) in [5.74, 6) is 1.63. The van der Waals surface area contributed by atoms with Crippen LogP contribution in [-0.2, 0) is 4.79 Å². The largest absolute Gasteiger partial charge is 0.493 e. The Balaban J connectivity index is 2.87. The summed E-state index contributed by atoms with van der Waals surface area (Å²) in [5, 5.41) is 3.07. The number of rotatable bonds is 7. The molecule has 0 aromatic heterocycles. The normalized spacial score (nSPS) is 10.2. The van der Waals surface area contributed by atoms with Crippen molar-refractivity contribution in [1.29, 1.82) is 0 Å². The number of likely N-dealkylation sites (N-methyl/N-ethyl adjacent to an activating group) is 1. The number of amides is 1. The minimum Gasteiger partial charge on any atom is -0.493 e. The molecule has 0 heterocycles. The molecular weight excluding hydrogens is 272 g/mol. The second kappa shape index (κ2) is 7.61. The van der Waals surface area contributed by atoms with Crippen LogP contribution in [0.2, 0.25) is 0 Å². The van der Waals surface area contributed by atoms with Crippen molar-refractivity contribution in [3.05, 3.63) is 12.1 Å². The van der Waals surface area contributed by atoms with Gasteiger partial charge in [0.15, 0.2) is 11.5 Å². The minimum absolute atomic E-state index is 0.0127. The third kappa shape index (κ3) is 4.18. The van der Waals surface area contributed by atoms with E-state index in [4.69, 9.17) is 14.2 Å². The monoisotopic (exact) mass is 296 g/mol. The Bertz CT molecular complexity index is 464. The summed E-state index contributed by atoms with van der Waals surface area (Å²) in [6.07, 6.45) is 0. The average molecular weight is 296 g/mol. The zero-order valence-electron chi connectivity index (χ0n) is 13.5. The van der Waals surface area contributed by atoms with Gasteiger partial charge in [-0.2, -0.15) is 0 Å². The number of anilines is 1. The van der Waals surface area contributed by atoms with Gasteiger partial charge in [-0.3, -0.25) is 4.79 Å². The van der Waals surface area contributed by atoms with E-state index in [-0.39, 0.29) is 18.5 Å². The molecule has 21 heavy (non-hydrogen) atoms. The molecule has 0 aliphatic rings. The van der Waals surface area contributed by atoms with Crippen molar-refractivity contribution in [2.45, 2.75) is 19.9 Å². The Morgan fingerprint density at radius 2 is 1.67 bits per heavy atom. The molecule has 0 aliphatic carbocycles. The van der Waals surface area contributed by atoms with Crippen LogP contribution in [0.1, 0.15) is 13.8 Å². The lowest BCUT2D eigenvalue weighted by Crippen LogP contribution is -2.37. The summed E-state index contributed by atoms with van der Waals surface area (Å²) in [5.41, 5.74) is 0.731. The molecule has 0 bridgehead atoms. The highest BCUT2D eigenvalue weighted by atomic mass is 16.5. The van der Waals surface area contributed by atoms with E-state index in [2.05, 4.69) is 5.32 Å². The number of nitrogens with zero attached hydrogens (tertiary/aromatic N) is 1. The van der Waals surface area contributed by atoms with Crippen LogP contribution in [0.4, 0.5) is 5.69 Å². The number of methoxy groups -OCH3 is 3. The van der Waals surface area contributed by atoms with Crippen LogP contribution in [0, 0.1) is 0 Å². The van der Waals surface area contributed by atoms with Gasteiger partial charge in [-0.25, -0.2) is 0 Å². The number of ether oxygens (including phenoxy) is 3. The molecule has 1 amide bonds. The van der Waals surface area contributed by atoms with E-state index < -0.39 is 0 Å². The second-order valence-corrected chi connectivity index (χ2v) is 4.87. The molecule has 6 heteroatoms. The topological polar surface area (TPSA) is 60.0 Å². The Kier molecular flexibility index (Phi) is 6.14. The van der Waals surface area contributed by atoms with Gasteiger partial charge < -0.3 is 24.4 Å². The fourth-order valence-electron chi connectivity index (χ4n) is 1.77. The molecule has 1 N–H and O–H groups in total. The Morgan fingerprint density at radius 1 is 1.14 bits per heavy atom. The Labute approximate surface area is 126 Å². The lowest BCUT2D eigenvalue weighted by molar-refractivity contribution is -0.129. The van der Waals surface area contributed by atoms with E-state index >= 15 is 0 Å². The highest BCUT2D eigenvalue weighted by molar-refractivity contribution is 5.81. The van der Waals surface area contributed by atoms with Gasteiger partial charge >= 0.3 is 0 Å². The predicted octanol–water partition coefficient (Wildman–Crippen LogP) is 1.99. The van der Waals surface area contributed by atoms with E-state index in [0.29, 0.717) is 17.2 Å². The van der Waals surface area contributed by atoms with E-state index in [1.165, 1.54) is 0 Å². The Morgan fingerprint density at radius 3 is 2.05 bits per heavy atom. The van der Waals surface area contributed by atoms with E-state index in [9.17, 15) is 4.79 Å². The second-order valence-electron chi connectivity index (χ2n) is 4.87. The lowest BCUT2D eigenvalue weighted by Gasteiger charge is -2.22. The van der Waals surface area contributed by atoms with E-state index in [1.54, 1.807) is 45.4 Å². The van der Waals surface area contributed by atoms with Crippen molar-refractivity contribution in [3.8, 4) is 17.2 Å². The molecule has 0 fully saturated rings. The van der Waals surface area contributed by atoms with Gasteiger partial charge in [0.05, 0.1) is 27.9 Å². The molecule has 0 radical (unpaired) electrons. The van der Waals surface area contributed by atoms with Crippen LogP contribution in [-0.4, -0.2) is 51.8 Å². The van der Waals surface area contributed by atoms with Gasteiger partial charge in [-0.1, -0.05) is 0 Å². The summed E-state index contributed by atoms with van der Waals surface area (Å²) in [6.45, 7) is 4.14. The third-order valence-electron chi connectivity index (χ3n) is 3.28. The van der Waals surface area contributed by atoms with E-state index in [1.807, 2.05) is 13.8 Å². The van der Waals surface area contributed by atoms with Crippen LogP contribution in [0.5, 0.6) is 17.2 Å². The number of hydrogen-bond acceptors (Lipinski definition) is 5. The van der Waals surface area contributed by atoms with Gasteiger partial charge in [0.1, 0.15) is 0 Å². The predicted molar refractivity (Wildman–Crippen MR) is 82.5 cm³/mol. The number of nitrogens with one attached hydrogen (secondary N) is 1. The first-order chi connectivity index (χ1) is 9.94. The number of hydrogen-bond donors (Lipinski definition) is 1. The Hall–Kier alpha value is -2.11. The number of carbonyl (C=O) groups is 1. The summed E-state index contributed by atoms with van der Waals surface area (Å²) >= 11 is 0. The standard InChI is InChI=1S/C15H24N2O4/c1-10(2)17(3)14(18)9-16-11-7-12(19-4)15(21-6)13(8-11)20-5/h7-8,10,16H,9H2,1-6H3. The van der Waals surface area contributed by atoms with Crippen molar-refractivity contribution in [2.75, 3.05) is 40.2 Å². The highest BCUT2D eigenvalue weighted by Gasteiger charge is 2.15. The first-order valence-electron chi connectivity index (χ1n) is 6.74. The zero-order valence-corrected chi connectivity index (χ0v) is 13.5. The maximum absolute atomic E-state index is 12.0. The maximum Gasteiger partial charge on any atom is 0.241 e. The van der Waals surface area contributed by atoms with Crippen LogP contribution in [0.3, 0.4) is 0 Å². The summed E-state index contributed by atoms with van der Waals surface area (Å²) < 4.78 is 15.8. The van der Waals surface area contributed by atoms with Gasteiger partial charge in [-0.15, -0.1) is 0 Å². The van der Waals surface area contributed by atoms with Crippen LogP contribution < -0.4 is 19.5 Å². The summed E-state index contributed by atoms with van der Waals surface area (Å²) in [7, 11) is 6.44. The van der Waals surface area contributed by atoms with Gasteiger partial charge in [0.2, 0.25) is 11.7 Å². The van der Waals surface area contributed by atoms with Gasteiger partial charge in [0.25, 0.3) is 0 Å². The quantitative estimate of drug-likeness (QED) is 0.834. The molecule has 1 aromatic rings. The number of carbonyl (C=O) groups excluding carboxylic acids is 1. The van der Waals surface area contributed by atoms with Crippen LogP contribution in [0.25, 0.3) is 0 Å². The molecule has 1 aromatic carbocycles. The summed E-state index contributed by atoms with van der Waals surface area (Å²) in [4.78, 5) is 13.7. The zero-order chi connectivity index (χ0) is 16.0. The third-order valence-corrected chi connectivity index (χ3v) is 3.28. The molecule has 0 unspecified atom stereocenters. The molecule has 6 nitrogen and oxygen atoms in total. The molecule has 0 saturated heterocycles. The smallest absolute Gasteiger partial charge is 0.241 e. The van der Waals surface area contributed by atoms with Crippen LogP contribution >= 0.6 is 0 Å². The van der Waals surface area contributed by atoms with Crippen molar-refractivity contribution in [3.63, 3.8) is 0 Å². The fraction of sp³-hybridized carbons (Fsp3) is 0.533. The lowest BCUT2D eigenvalue weighted by atomic mass is 10.2. The molecule has 0 spiro atoms. The van der Waals surface area contributed by atoms with Crippen molar-refractivity contribution in [1.82, 2.24) is 4.90 Å². The maximum atomic E-state index is 12.0. The van der Waals surface area contributed by atoms with Crippen molar-refractivity contribution < 1.29 is 19.0 Å². The van der Waals surface area contributed by atoms with Crippen LogP contribution in [0.15, 0.2) is 12.1 Å². The highest BCUT2D eigenvalue weighted by Crippen LogP contribution is 2.39. The van der Waals surface area contributed by atoms with E-state index in [0.717, 1.165) is 5.69 Å². The molecule has 0 aliphatic heterocycles. The van der Waals surface area contributed by atoms with Gasteiger partial charge in [-0.05, 0) is 13.8 Å². The first-order valence-corrected chi connectivity index (χ1v) is 6.74. The minimum atomic E-state index is 0.0127. The molecule has 1 rings (SSSR count). The molecule has 118 valence electrons. The SMILES string of the molecule is COc1cc(NCC(=O)N(C)C(C)C)cc(OC)c1OC. The molecular formula is C15H24N2O4. The van der Waals surface area contributed by atoms with Crippen molar-refractivity contribution in [2.24, 2.45) is 0 Å². The molecule has 0 atom stereocenters.